The van der Waals surface area contributed by atoms with Crippen LogP contribution in [0, 0.1) is 0 Å². The summed E-state index contributed by atoms with van der Waals surface area (Å²) >= 11 is 3.61. The standard InChI is InChI=1S/C45H30BrN3/c46-42-19-9-17-40(30-42)38-15-7-14-37(28-38)39-16-8-18-41(29-39)45-48-43(35-24-20-33(21-25-35)31-10-3-1-4-11-31)47-44(49-45)36-26-22-34(23-27-36)32-12-5-2-6-13-32/h1-30H. The summed E-state index contributed by atoms with van der Waals surface area (Å²) in [7, 11) is 0. The van der Waals surface area contributed by atoms with E-state index in [0.29, 0.717) is 17.5 Å². The zero-order chi connectivity index (χ0) is 33.0. The van der Waals surface area contributed by atoms with E-state index in [1.807, 2.05) is 18.2 Å². The van der Waals surface area contributed by atoms with Crippen LogP contribution in [0.1, 0.15) is 0 Å². The van der Waals surface area contributed by atoms with Crippen LogP contribution in [0.5, 0.6) is 0 Å². The van der Waals surface area contributed by atoms with Crippen molar-refractivity contribution < 1.29 is 0 Å². The third kappa shape index (κ3) is 6.73. The van der Waals surface area contributed by atoms with Crippen molar-refractivity contribution in [1.29, 1.82) is 0 Å². The molecule has 1 heterocycles. The molecule has 0 spiro atoms. The van der Waals surface area contributed by atoms with Gasteiger partial charge < -0.3 is 0 Å². The largest absolute Gasteiger partial charge is 0.208 e. The number of hydrogen-bond donors (Lipinski definition) is 0. The minimum absolute atomic E-state index is 0.629. The average molecular weight is 693 g/mol. The molecule has 0 unspecified atom stereocenters. The normalized spacial score (nSPS) is 11.0. The number of benzene rings is 7. The van der Waals surface area contributed by atoms with Gasteiger partial charge in [0.15, 0.2) is 17.5 Å². The molecular weight excluding hydrogens is 662 g/mol. The summed E-state index contributed by atoms with van der Waals surface area (Å²) in [6.45, 7) is 0. The molecule has 0 N–H and O–H groups in total. The van der Waals surface area contributed by atoms with E-state index in [-0.39, 0.29) is 0 Å². The smallest absolute Gasteiger partial charge is 0.164 e. The number of aromatic nitrogens is 3. The number of hydrogen-bond acceptors (Lipinski definition) is 3. The minimum atomic E-state index is 0.629. The van der Waals surface area contributed by atoms with Crippen LogP contribution in [-0.4, -0.2) is 15.0 Å². The second kappa shape index (κ2) is 13.6. The maximum atomic E-state index is 5.05. The first-order valence-corrected chi connectivity index (χ1v) is 17.0. The molecule has 0 aliphatic heterocycles. The molecule has 232 valence electrons. The number of nitrogens with zero attached hydrogens (tertiary/aromatic N) is 3. The maximum Gasteiger partial charge on any atom is 0.164 e. The maximum absolute atomic E-state index is 5.05. The fourth-order valence-corrected chi connectivity index (χ4v) is 6.43. The van der Waals surface area contributed by atoms with Crippen LogP contribution < -0.4 is 0 Å². The van der Waals surface area contributed by atoms with Crippen molar-refractivity contribution >= 4 is 15.9 Å². The van der Waals surface area contributed by atoms with Crippen LogP contribution in [-0.2, 0) is 0 Å². The molecule has 0 amide bonds. The highest BCUT2D eigenvalue weighted by atomic mass is 79.9. The lowest BCUT2D eigenvalue weighted by Crippen LogP contribution is -2.00. The Hall–Kier alpha value is -5.97. The summed E-state index contributed by atoms with van der Waals surface area (Å²) in [5, 5.41) is 0. The third-order valence-corrected chi connectivity index (χ3v) is 9.10. The van der Waals surface area contributed by atoms with Crippen LogP contribution in [0.4, 0.5) is 0 Å². The van der Waals surface area contributed by atoms with Gasteiger partial charge in [0.2, 0.25) is 0 Å². The van der Waals surface area contributed by atoms with E-state index in [0.717, 1.165) is 54.5 Å². The minimum Gasteiger partial charge on any atom is -0.208 e. The van der Waals surface area contributed by atoms with Crippen molar-refractivity contribution in [2.45, 2.75) is 0 Å². The zero-order valence-corrected chi connectivity index (χ0v) is 28.1. The van der Waals surface area contributed by atoms with Crippen molar-refractivity contribution in [2.75, 3.05) is 0 Å². The van der Waals surface area contributed by atoms with E-state index in [1.165, 1.54) is 11.1 Å². The Bertz CT molecular complexity index is 2270. The van der Waals surface area contributed by atoms with Crippen molar-refractivity contribution in [1.82, 2.24) is 15.0 Å². The van der Waals surface area contributed by atoms with Gasteiger partial charge in [-0.2, -0.15) is 0 Å². The summed E-state index contributed by atoms with van der Waals surface area (Å²) in [6, 6.07) is 63.1. The fourth-order valence-electron chi connectivity index (χ4n) is 6.03. The van der Waals surface area contributed by atoms with E-state index < -0.39 is 0 Å². The van der Waals surface area contributed by atoms with Crippen molar-refractivity contribution in [3.8, 4) is 78.7 Å². The first-order valence-electron chi connectivity index (χ1n) is 16.2. The van der Waals surface area contributed by atoms with Gasteiger partial charge in [-0.3, -0.25) is 0 Å². The first-order chi connectivity index (χ1) is 24.2. The van der Waals surface area contributed by atoms with Gasteiger partial charge in [0.05, 0.1) is 0 Å². The molecule has 0 fully saturated rings. The monoisotopic (exact) mass is 691 g/mol. The van der Waals surface area contributed by atoms with Gasteiger partial charge in [0.1, 0.15) is 0 Å². The molecule has 49 heavy (non-hydrogen) atoms. The molecule has 8 aromatic rings. The zero-order valence-electron chi connectivity index (χ0n) is 26.5. The molecule has 0 bridgehead atoms. The summed E-state index contributed by atoms with van der Waals surface area (Å²) < 4.78 is 1.06. The number of halogens is 1. The van der Waals surface area contributed by atoms with Crippen molar-refractivity contribution in [2.24, 2.45) is 0 Å². The van der Waals surface area contributed by atoms with Crippen molar-refractivity contribution in [3.63, 3.8) is 0 Å². The lowest BCUT2D eigenvalue weighted by atomic mass is 9.98. The second-order valence-electron chi connectivity index (χ2n) is 11.9. The highest BCUT2D eigenvalue weighted by molar-refractivity contribution is 9.10. The van der Waals surface area contributed by atoms with Crippen LogP contribution in [0.3, 0.4) is 0 Å². The average Bonchev–Trinajstić information content (AvgIpc) is 3.19. The van der Waals surface area contributed by atoms with Crippen LogP contribution >= 0.6 is 15.9 Å². The molecule has 0 aliphatic rings. The third-order valence-electron chi connectivity index (χ3n) is 8.61. The number of rotatable bonds is 7. The Morgan fingerprint density at radius 1 is 0.245 bits per heavy atom. The molecule has 0 saturated heterocycles. The predicted octanol–water partition coefficient (Wildman–Crippen LogP) is 12.3. The van der Waals surface area contributed by atoms with Crippen LogP contribution in [0.15, 0.2) is 186 Å². The van der Waals surface area contributed by atoms with E-state index in [4.69, 9.17) is 15.0 Å². The van der Waals surface area contributed by atoms with Gasteiger partial charge in [-0.1, -0.05) is 174 Å². The van der Waals surface area contributed by atoms with Gasteiger partial charge in [0, 0.05) is 21.2 Å². The molecule has 8 rings (SSSR count). The van der Waals surface area contributed by atoms with Gasteiger partial charge in [-0.05, 0) is 68.8 Å². The summed E-state index contributed by atoms with van der Waals surface area (Å²) in [5.74, 6) is 1.90. The Labute approximate surface area is 294 Å². The van der Waals surface area contributed by atoms with E-state index in [1.54, 1.807) is 0 Å². The molecular formula is C45H30BrN3. The lowest BCUT2D eigenvalue weighted by Gasteiger charge is -2.11. The fraction of sp³-hybridized carbons (Fsp3) is 0. The lowest BCUT2D eigenvalue weighted by molar-refractivity contribution is 1.07. The highest BCUT2D eigenvalue weighted by Crippen LogP contribution is 2.32. The van der Waals surface area contributed by atoms with Crippen molar-refractivity contribution in [3.05, 3.63) is 186 Å². The molecule has 1 aromatic heterocycles. The SMILES string of the molecule is Brc1cccc(-c2cccc(-c3cccc(-c4nc(-c5ccc(-c6ccccc6)cc5)nc(-c5ccc(-c6ccccc6)cc5)n4)c3)c2)c1. The Morgan fingerprint density at radius 2 is 0.551 bits per heavy atom. The highest BCUT2D eigenvalue weighted by Gasteiger charge is 2.14. The molecule has 0 radical (unpaired) electrons. The summed E-state index contributed by atoms with van der Waals surface area (Å²) in [6.07, 6.45) is 0. The predicted molar refractivity (Wildman–Crippen MR) is 206 cm³/mol. The molecule has 0 saturated carbocycles. The van der Waals surface area contributed by atoms with E-state index in [2.05, 4.69) is 180 Å². The Morgan fingerprint density at radius 3 is 1.00 bits per heavy atom. The van der Waals surface area contributed by atoms with Gasteiger partial charge in [-0.25, -0.2) is 15.0 Å². The van der Waals surface area contributed by atoms with E-state index in [9.17, 15) is 0 Å². The molecule has 7 aromatic carbocycles. The van der Waals surface area contributed by atoms with Crippen LogP contribution in [0.2, 0.25) is 0 Å². The molecule has 0 atom stereocenters. The van der Waals surface area contributed by atoms with Gasteiger partial charge in [0.25, 0.3) is 0 Å². The Kier molecular flexibility index (Phi) is 8.45. The molecule has 4 heteroatoms. The summed E-state index contributed by atoms with van der Waals surface area (Å²) in [5.41, 5.74) is 12.0. The topological polar surface area (TPSA) is 38.7 Å². The second-order valence-corrected chi connectivity index (χ2v) is 12.8. The first kappa shape index (κ1) is 30.4. The summed E-state index contributed by atoms with van der Waals surface area (Å²) in [4.78, 5) is 15.1. The van der Waals surface area contributed by atoms with Gasteiger partial charge in [-0.15, -0.1) is 0 Å². The molecule has 3 nitrogen and oxygen atoms in total. The Balaban J connectivity index is 1.20. The quantitative estimate of drug-likeness (QED) is 0.167. The van der Waals surface area contributed by atoms with Gasteiger partial charge >= 0.3 is 0 Å². The molecule has 0 aliphatic carbocycles. The van der Waals surface area contributed by atoms with Crippen LogP contribution in [0.25, 0.3) is 78.7 Å². The van der Waals surface area contributed by atoms with E-state index >= 15 is 0 Å².